The molecule has 0 atom stereocenters. The van der Waals surface area contributed by atoms with Gasteiger partial charge < -0.3 is 9.88 Å². The SMILES string of the molecule is Cn1c(=O)c2cc(C(=O)NCc3ccccn3)nn2c2ccccc21. The van der Waals surface area contributed by atoms with Gasteiger partial charge in [-0.25, -0.2) is 4.52 Å². The zero-order valence-electron chi connectivity index (χ0n) is 13.5. The first-order chi connectivity index (χ1) is 12.1. The first-order valence-electron chi connectivity index (χ1n) is 7.81. The molecule has 0 fully saturated rings. The highest BCUT2D eigenvalue weighted by molar-refractivity contribution is 5.94. The van der Waals surface area contributed by atoms with Crippen molar-refractivity contribution in [3.8, 4) is 0 Å². The lowest BCUT2D eigenvalue weighted by Gasteiger charge is -2.06. The number of hydrogen-bond acceptors (Lipinski definition) is 4. The Morgan fingerprint density at radius 1 is 1.08 bits per heavy atom. The number of nitrogens with one attached hydrogen (secondary N) is 1. The van der Waals surface area contributed by atoms with Gasteiger partial charge in [-0.15, -0.1) is 0 Å². The molecule has 0 saturated heterocycles. The number of hydrogen-bond donors (Lipinski definition) is 1. The molecule has 3 aromatic heterocycles. The van der Waals surface area contributed by atoms with Gasteiger partial charge in [0.25, 0.3) is 11.5 Å². The Bertz CT molecular complexity index is 1140. The summed E-state index contributed by atoms with van der Waals surface area (Å²) in [6.07, 6.45) is 1.67. The van der Waals surface area contributed by atoms with Crippen LogP contribution in [0.15, 0.2) is 59.5 Å². The molecule has 25 heavy (non-hydrogen) atoms. The van der Waals surface area contributed by atoms with Gasteiger partial charge in [-0.2, -0.15) is 5.10 Å². The molecular formula is C18H15N5O2. The molecule has 0 unspecified atom stereocenters. The number of carbonyl (C=O) groups is 1. The van der Waals surface area contributed by atoms with Gasteiger partial charge in [0.1, 0.15) is 5.52 Å². The number of pyridine rings is 1. The normalized spacial score (nSPS) is 11.1. The molecule has 3 heterocycles. The third-order valence-corrected chi connectivity index (χ3v) is 4.09. The second kappa shape index (κ2) is 5.86. The van der Waals surface area contributed by atoms with Crippen LogP contribution in [-0.4, -0.2) is 25.1 Å². The smallest absolute Gasteiger partial charge is 0.276 e. The fraction of sp³-hybridized carbons (Fsp3) is 0.111. The molecule has 0 aliphatic heterocycles. The molecule has 7 nitrogen and oxygen atoms in total. The summed E-state index contributed by atoms with van der Waals surface area (Å²) in [7, 11) is 1.71. The lowest BCUT2D eigenvalue weighted by atomic mass is 10.3. The number of benzene rings is 1. The maximum atomic E-state index is 12.5. The topological polar surface area (TPSA) is 81.3 Å². The summed E-state index contributed by atoms with van der Waals surface area (Å²) in [6, 6.07) is 14.5. The Labute approximate surface area is 142 Å². The predicted molar refractivity (Wildman–Crippen MR) is 93.3 cm³/mol. The van der Waals surface area contributed by atoms with E-state index in [0.717, 1.165) is 16.7 Å². The largest absolute Gasteiger partial charge is 0.345 e. The molecular weight excluding hydrogens is 318 g/mol. The zero-order valence-corrected chi connectivity index (χ0v) is 13.5. The Morgan fingerprint density at radius 2 is 1.84 bits per heavy atom. The van der Waals surface area contributed by atoms with E-state index in [1.165, 1.54) is 10.6 Å². The van der Waals surface area contributed by atoms with Gasteiger partial charge in [0.15, 0.2) is 5.69 Å². The second-order valence-electron chi connectivity index (χ2n) is 5.68. The third-order valence-electron chi connectivity index (χ3n) is 4.09. The lowest BCUT2D eigenvalue weighted by Crippen LogP contribution is -2.23. The maximum absolute atomic E-state index is 12.5. The van der Waals surface area contributed by atoms with Crippen molar-refractivity contribution in [1.82, 2.24) is 24.5 Å². The number of carbonyl (C=O) groups excluding carboxylic acids is 1. The van der Waals surface area contributed by atoms with Crippen molar-refractivity contribution in [2.75, 3.05) is 0 Å². The number of fused-ring (bicyclic) bond motifs is 3. The Kier molecular flexibility index (Phi) is 3.53. The van der Waals surface area contributed by atoms with E-state index in [2.05, 4.69) is 15.4 Å². The number of nitrogens with zero attached hydrogens (tertiary/aromatic N) is 4. The van der Waals surface area contributed by atoms with Crippen molar-refractivity contribution >= 4 is 22.5 Å². The second-order valence-corrected chi connectivity index (χ2v) is 5.68. The van der Waals surface area contributed by atoms with E-state index in [1.807, 2.05) is 42.5 Å². The molecule has 124 valence electrons. The lowest BCUT2D eigenvalue weighted by molar-refractivity contribution is 0.0945. The van der Waals surface area contributed by atoms with Gasteiger partial charge in [-0.05, 0) is 24.3 Å². The standard InChI is InChI=1S/C18H15N5O2/c1-22-14-7-2-3-8-15(14)23-16(18(22)25)10-13(21-23)17(24)20-11-12-6-4-5-9-19-12/h2-10H,11H2,1H3,(H,20,24). The summed E-state index contributed by atoms with van der Waals surface area (Å²) in [5.41, 5.74) is 2.64. The van der Waals surface area contributed by atoms with Crippen LogP contribution in [-0.2, 0) is 13.6 Å². The summed E-state index contributed by atoms with van der Waals surface area (Å²) in [4.78, 5) is 29.1. The van der Waals surface area contributed by atoms with E-state index >= 15 is 0 Å². The highest BCUT2D eigenvalue weighted by atomic mass is 16.2. The van der Waals surface area contributed by atoms with E-state index in [4.69, 9.17) is 0 Å². The van der Waals surface area contributed by atoms with Gasteiger partial charge in [0.2, 0.25) is 0 Å². The van der Waals surface area contributed by atoms with Crippen LogP contribution in [0.5, 0.6) is 0 Å². The third kappa shape index (κ3) is 2.55. The van der Waals surface area contributed by atoms with Gasteiger partial charge in [-0.1, -0.05) is 18.2 Å². The predicted octanol–water partition coefficient (Wildman–Crippen LogP) is 1.51. The van der Waals surface area contributed by atoms with Crippen LogP contribution in [0.2, 0.25) is 0 Å². The molecule has 0 aliphatic carbocycles. The molecule has 1 aromatic carbocycles. The molecule has 0 radical (unpaired) electrons. The molecule has 1 amide bonds. The number of aryl methyl sites for hydroxylation is 1. The fourth-order valence-corrected chi connectivity index (χ4v) is 2.80. The molecule has 4 aromatic rings. The molecule has 0 aliphatic rings. The van der Waals surface area contributed by atoms with Crippen molar-refractivity contribution in [2.24, 2.45) is 7.05 Å². The van der Waals surface area contributed by atoms with Crippen LogP contribution in [0.3, 0.4) is 0 Å². The van der Waals surface area contributed by atoms with Gasteiger partial charge >= 0.3 is 0 Å². The van der Waals surface area contributed by atoms with Crippen molar-refractivity contribution < 1.29 is 4.79 Å². The average molecular weight is 333 g/mol. The molecule has 0 spiro atoms. The summed E-state index contributed by atoms with van der Waals surface area (Å²) in [5, 5.41) is 7.10. The molecule has 0 bridgehead atoms. The summed E-state index contributed by atoms with van der Waals surface area (Å²) >= 11 is 0. The monoisotopic (exact) mass is 333 g/mol. The summed E-state index contributed by atoms with van der Waals surface area (Å²) in [6.45, 7) is 0.298. The summed E-state index contributed by atoms with van der Waals surface area (Å²) < 4.78 is 3.08. The van der Waals surface area contributed by atoms with E-state index < -0.39 is 0 Å². The first kappa shape index (κ1) is 15.1. The zero-order chi connectivity index (χ0) is 17.4. The molecule has 4 rings (SSSR count). The van der Waals surface area contributed by atoms with E-state index in [-0.39, 0.29) is 17.2 Å². The van der Waals surface area contributed by atoms with E-state index in [0.29, 0.717) is 12.1 Å². The van der Waals surface area contributed by atoms with Crippen LogP contribution < -0.4 is 10.9 Å². The first-order valence-corrected chi connectivity index (χ1v) is 7.81. The van der Waals surface area contributed by atoms with Crippen LogP contribution in [0.25, 0.3) is 16.6 Å². The minimum absolute atomic E-state index is 0.199. The quantitative estimate of drug-likeness (QED) is 0.616. The van der Waals surface area contributed by atoms with E-state index in [1.54, 1.807) is 17.8 Å². The maximum Gasteiger partial charge on any atom is 0.276 e. The van der Waals surface area contributed by atoms with Crippen LogP contribution in [0, 0.1) is 0 Å². The molecule has 1 N–H and O–H groups in total. The minimum atomic E-state index is -0.347. The fourth-order valence-electron chi connectivity index (χ4n) is 2.80. The number of amides is 1. The van der Waals surface area contributed by atoms with Crippen molar-refractivity contribution in [1.29, 1.82) is 0 Å². The van der Waals surface area contributed by atoms with Crippen molar-refractivity contribution in [2.45, 2.75) is 6.54 Å². The van der Waals surface area contributed by atoms with Crippen LogP contribution in [0.4, 0.5) is 0 Å². The Balaban J connectivity index is 1.74. The highest BCUT2D eigenvalue weighted by Gasteiger charge is 2.16. The van der Waals surface area contributed by atoms with Crippen molar-refractivity contribution in [3.63, 3.8) is 0 Å². The number of para-hydroxylation sites is 2. The molecule has 0 saturated carbocycles. The van der Waals surface area contributed by atoms with Gasteiger partial charge in [0, 0.05) is 19.3 Å². The highest BCUT2D eigenvalue weighted by Crippen LogP contribution is 2.14. The Hall–Kier alpha value is -3.48. The number of rotatable bonds is 3. The summed E-state index contributed by atoms with van der Waals surface area (Å²) in [5.74, 6) is -0.347. The average Bonchev–Trinajstić information content (AvgIpc) is 3.11. The van der Waals surface area contributed by atoms with E-state index in [9.17, 15) is 9.59 Å². The van der Waals surface area contributed by atoms with Gasteiger partial charge in [-0.3, -0.25) is 14.6 Å². The van der Waals surface area contributed by atoms with Crippen molar-refractivity contribution in [3.05, 3.63) is 76.5 Å². The van der Waals surface area contributed by atoms with Crippen LogP contribution >= 0.6 is 0 Å². The Morgan fingerprint density at radius 3 is 2.60 bits per heavy atom. The van der Waals surface area contributed by atoms with Crippen LogP contribution in [0.1, 0.15) is 16.2 Å². The number of aromatic nitrogens is 4. The van der Waals surface area contributed by atoms with Gasteiger partial charge in [0.05, 0.1) is 23.3 Å². The minimum Gasteiger partial charge on any atom is -0.345 e. The molecule has 7 heteroatoms.